The first-order valence-electron chi connectivity index (χ1n) is 7.44. The number of benzene rings is 1. The van der Waals surface area contributed by atoms with Crippen molar-refractivity contribution in [3.8, 4) is 5.75 Å². The van der Waals surface area contributed by atoms with Crippen molar-refractivity contribution in [2.75, 3.05) is 12.4 Å². The van der Waals surface area contributed by atoms with E-state index in [1.165, 1.54) is 0 Å². The molecule has 2 N–H and O–H groups in total. The molecule has 1 aromatic rings. The van der Waals surface area contributed by atoms with Crippen LogP contribution in [0.15, 0.2) is 18.2 Å². The van der Waals surface area contributed by atoms with E-state index >= 15 is 0 Å². The van der Waals surface area contributed by atoms with Crippen molar-refractivity contribution in [3.05, 3.63) is 29.3 Å². The van der Waals surface area contributed by atoms with E-state index in [0.29, 0.717) is 12.4 Å². The van der Waals surface area contributed by atoms with Crippen LogP contribution in [-0.2, 0) is 16.6 Å². The molecule has 2 atom stereocenters. The first-order valence-corrected chi connectivity index (χ1v) is 8.93. The lowest BCUT2D eigenvalue weighted by Crippen LogP contribution is -2.08. The van der Waals surface area contributed by atoms with Crippen LogP contribution in [0.1, 0.15) is 57.2 Å². The number of hydrogen-bond acceptors (Lipinski definition) is 3. The zero-order valence-electron chi connectivity index (χ0n) is 12.9. The molecule has 2 unspecified atom stereocenters. The summed E-state index contributed by atoms with van der Waals surface area (Å²) in [6.45, 7) is 6.69. The highest BCUT2D eigenvalue weighted by Gasteiger charge is 2.10. The molecule has 0 aliphatic carbocycles. The van der Waals surface area contributed by atoms with Gasteiger partial charge in [0.15, 0.2) is 0 Å². The van der Waals surface area contributed by atoms with E-state index in [1.54, 1.807) is 0 Å². The highest BCUT2D eigenvalue weighted by Crippen LogP contribution is 2.24. The van der Waals surface area contributed by atoms with Gasteiger partial charge in [-0.3, -0.25) is 4.21 Å². The molecule has 20 heavy (non-hydrogen) atoms. The zero-order valence-corrected chi connectivity index (χ0v) is 13.7. The van der Waals surface area contributed by atoms with Gasteiger partial charge in [-0.15, -0.1) is 0 Å². The summed E-state index contributed by atoms with van der Waals surface area (Å²) in [7, 11) is -0.829. The zero-order chi connectivity index (χ0) is 15.0. The first-order chi connectivity index (χ1) is 9.58. The van der Waals surface area contributed by atoms with Crippen LogP contribution >= 0.6 is 0 Å². The van der Waals surface area contributed by atoms with Crippen molar-refractivity contribution in [2.24, 2.45) is 5.73 Å². The number of unbranched alkanes of at least 4 members (excludes halogenated alkanes) is 2. The van der Waals surface area contributed by atoms with E-state index in [1.807, 2.05) is 32.0 Å². The van der Waals surface area contributed by atoms with Gasteiger partial charge in [0.1, 0.15) is 5.75 Å². The topological polar surface area (TPSA) is 52.3 Å². The van der Waals surface area contributed by atoms with Gasteiger partial charge < -0.3 is 10.5 Å². The summed E-state index contributed by atoms with van der Waals surface area (Å²) in [6, 6.07) is 5.95. The van der Waals surface area contributed by atoms with Gasteiger partial charge in [0.05, 0.1) is 12.4 Å². The van der Waals surface area contributed by atoms with E-state index in [4.69, 9.17) is 10.5 Å². The fourth-order valence-electron chi connectivity index (χ4n) is 2.05. The maximum Gasteiger partial charge on any atom is 0.123 e. The van der Waals surface area contributed by atoms with Gasteiger partial charge in [-0.1, -0.05) is 25.8 Å². The minimum Gasteiger partial charge on any atom is -0.494 e. The van der Waals surface area contributed by atoms with Crippen molar-refractivity contribution in [3.63, 3.8) is 0 Å². The summed E-state index contributed by atoms with van der Waals surface area (Å²) in [6.07, 6.45) is 3.32. The fourth-order valence-corrected chi connectivity index (χ4v) is 3.29. The fraction of sp³-hybridized carbons (Fsp3) is 0.625. The van der Waals surface area contributed by atoms with Gasteiger partial charge in [0.2, 0.25) is 0 Å². The molecule has 1 aromatic carbocycles. The van der Waals surface area contributed by atoms with Crippen molar-refractivity contribution in [2.45, 2.75) is 51.8 Å². The summed E-state index contributed by atoms with van der Waals surface area (Å²) in [5, 5.41) is 0. The van der Waals surface area contributed by atoms with E-state index in [-0.39, 0.29) is 6.04 Å². The molecule has 0 radical (unpaired) electrons. The third kappa shape index (κ3) is 5.63. The molecule has 0 bridgehead atoms. The molecule has 114 valence electrons. The molecule has 0 aliphatic heterocycles. The second kappa shape index (κ2) is 9.14. The minimum atomic E-state index is -0.829. The summed E-state index contributed by atoms with van der Waals surface area (Å²) in [5.74, 6) is 2.15. The maximum absolute atomic E-state index is 12.1. The van der Waals surface area contributed by atoms with Gasteiger partial charge in [0, 0.05) is 28.2 Å². The van der Waals surface area contributed by atoms with Crippen LogP contribution in [0.2, 0.25) is 0 Å². The molecule has 0 aromatic heterocycles. The Labute approximate surface area is 125 Å². The van der Waals surface area contributed by atoms with Crippen molar-refractivity contribution in [1.82, 2.24) is 0 Å². The summed E-state index contributed by atoms with van der Waals surface area (Å²) < 4.78 is 17.8. The Balaban J connectivity index is 2.78. The van der Waals surface area contributed by atoms with E-state index in [9.17, 15) is 4.21 Å². The molecular weight excluding hydrogens is 270 g/mol. The van der Waals surface area contributed by atoms with Crippen LogP contribution in [0.25, 0.3) is 0 Å². The molecule has 0 amide bonds. The van der Waals surface area contributed by atoms with Gasteiger partial charge in [0.25, 0.3) is 0 Å². The maximum atomic E-state index is 12.1. The Morgan fingerprint density at radius 2 is 2.05 bits per heavy atom. The number of nitrogens with two attached hydrogens (primary N) is 1. The molecule has 0 fully saturated rings. The standard InChI is InChI=1S/C16H27NO2S/c1-4-6-7-10-20(18)12-15-11-14(13(3)17)8-9-16(15)19-5-2/h8-9,11,13H,4-7,10,12,17H2,1-3H3. The molecular formula is C16H27NO2S. The number of hydrogen-bond donors (Lipinski definition) is 1. The van der Waals surface area contributed by atoms with Gasteiger partial charge >= 0.3 is 0 Å². The SMILES string of the molecule is CCCCCS(=O)Cc1cc(C(C)N)ccc1OCC. The molecule has 0 saturated carbocycles. The molecule has 1 rings (SSSR count). The van der Waals surface area contributed by atoms with Gasteiger partial charge in [-0.25, -0.2) is 0 Å². The summed E-state index contributed by atoms with van der Waals surface area (Å²) in [5.41, 5.74) is 7.99. The van der Waals surface area contributed by atoms with Crippen LogP contribution in [0, 0.1) is 0 Å². The van der Waals surface area contributed by atoms with E-state index in [2.05, 4.69) is 6.92 Å². The van der Waals surface area contributed by atoms with Gasteiger partial charge in [-0.2, -0.15) is 0 Å². The summed E-state index contributed by atoms with van der Waals surface area (Å²) >= 11 is 0. The van der Waals surface area contributed by atoms with E-state index < -0.39 is 10.8 Å². The largest absolute Gasteiger partial charge is 0.494 e. The Morgan fingerprint density at radius 1 is 1.30 bits per heavy atom. The monoisotopic (exact) mass is 297 g/mol. The Bertz CT molecular complexity index is 432. The van der Waals surface area contributed by atoms with E-state index in [0.717, 1.165) is 41.9 Å². The molecule has 0 spiro atoms. The lowest BCUT2D eigenvalue weighted by molar-refractivity contribution is 0.337. The Kier molecular flexibility index (Phi) is 7.85. The molecule has 4 heteroatoms. The average molecular weight is 297 g/mol. The summed E-state index contributed by atoms with van der Waals surface area (Å²) in [4.78, 5) is 0. The average Bonchev–Trinajstić information content (AvgIpc) is 2.41. The Morgan fingerprint density at radius 3 is 2.65 bits per heavy atom. The smallest absolute Gasteiger partial charge is 0.123 e. The highest BCUT2D eigenvalue weighted by molar-refractivity contribution is 7.84. The molecule has 0 saturated heterocycles. The quantitative estimate of drug-likeness (QED) is 0.709. The number of ether oxygens (including phenoxy) is 1. The van der Waals surface area contributed by atoms with Crippen molar-refractivity contribution >= 4 is 10.8 Å². The van der Waals surface area contributed by atoms with Crippen LogP contribution in [0.4, 0.5) is 0 Å². The second-order valence-electron chi connectivity index (χ2n) is 5.08. The van der Waals surface area contributed by atoms with Crippen LogP contribution < -0.4 is 10.5 Å². The third-order valence-electron chi connectivity index (χ3n) is 3.20. The molecule has 0 aliphatic rings. The first kappa shape index (κ1) is 17.2. The molecule has 3 nitrogen and oxygen atoms in total. The van der Waals surface area contributed by atoms with Crippen LogP contribution in [0.3, 0.4) is 0 Å². The van der Waals surface area contributed by atoms with Crippen molar-refractivity contribution in [1.29, 1.82) is 0 Å². The predicted octanol–water partition coefficient (Wildman–Crippen LogP) is 3.54. The Hall–Kier alpha value is -0.870. The van der Waals surface area contributed by atoms with Gasteiger partial charge in [-0.05, 0) is 38.0 Å². The van der Waals surface area contributed by atoms with Crippen molar-refractivity contribution < 1.29 is 8.95 Å². The highest BCUT2D eigenvalue weighted by atomic mass is 32.2. The van der Waals surface area contributed by atoms with Crippen LogP contribution in [-0.4, -0.2) is 16.6 Å². The normalized spacial score (nSPS) is 14.0. The number of rotatable bonds is 9. The predicted molar refractivity (Wildman–Crippen MR) is 86.5 cm³/mol. The van der Waals surface area contributed by atoms with Crippen LogP contribution in [0.5, 0.6) is 5.75 Å². The lowest BCUT2D eigenvalue weighted by Gasteiger charge is -2.14. The third-order valence-corrected chi connectivity index (χ3v) is 4.58. The molecule has 0 heterocycles. The second-order valence-corrected chi connectivity index (χ2v) is 6.66. The lowest BCUT2D eigenvalue weighted by atomic mass is 10.1. The minimum absolute atomic E-state index is 0.0158.